The van der Waals surface area contributed by atoms with E-state index in [1.807, 2.05) is 6.07 Å². The zero-order valence-corrected chi connectivity index (χ0v) is 13.7. The Morgan fingerprint density at radius 1 is 1.39 bits per heavy atom. The number of thioether (sulfide) groups is 1. The number of benzene rings is 1. The lowest BCUT2D eigenvalue weighted by atomic mass is 10.2. The highest BCUT2D eigenvalue weighted by Gasteiger charge is 2.31. The zero-order valence-electron chi connectivity index (χ0n) is 12.9. The van der Waals surface area contributed by atoms with Gasteiger partial charge in [-0.1, -0.05) is 6.07 Å². The summed E-state index contributed by atoms with van der Waals surface area (Å²) < 4.78 is 15.5. The fraction of sp³-hybridized carbons (Fsp3) is 0.467. The first-order valence-electron chi connectivity index (χ1n) is 7.13. The van der Waals surface area contributed by atoms with E-state index in [9.17, 15) is 9.59 Å². The summed E-state index contributed by atoms with van der Waals surface area (Å²) in [6.07, 6.45) is 0. The first kappa shape index (κ1) is 17.4. The third kappa shape index (κ3) is 4.52. The van der Waals surface area contributed by atoms with Crippen LogP contribution >= 0.6 is 11.8 Å². The van der Waals surface area contributed by atoms with Gasteiger partial charge in [0.1, 0.15) is 5.25 Å². The smallest absolute Gasteiger partial charge is 0.344 e. The lowest BCUT2D eigenvalue weighted by molar-refractivity contribution is -0.145. The number of carbonyl (C=O) groups is 2. The topological polar surface area (TPSA) is 94.1 Å². The Bertz CT molecular complexity index is 579. The van der Waals surface area contributed by atoms with Crippen molar-refractivity contribution in [2.45, 2.75) is 17.5 Å². The highest BCUT2D eigenvalue weighted by molar-refractivity contribution is 8.01. The van der Waals surface area contributed by atoms with E-state index in [0.29, 0.717) is 24.7 Å². The Labute approximate surface area is 138 Å². The van der Waals surface area contributed by atoms with Crippen LogP contribution in [-0.2, 0) is 14.3 Å². The lowest BCUT2D eigenvalue weighted by Gasteiger charge is -2.15. The molecule has 0 saturated carbocycles. The van der Waals surface area contributed by atoms with Crippen LogP contribution in [0.15, 0.2) is 18.2 Å². The van der Waals surface area contributed by atoms with Gasteiger partial charge < -0.3 is 19.3 Å². The Balaban J connectivity index is 2.04. The highest BCUT2D eigenvalue weighted by atomic mass is 32.2. The molecule has 1 aromatic carbocycles. The van der Waals surface area contributed by atoms with Crippen LogP contribution in [0.4, 0.5) is 0 Å². The maximum Gasteiger partial charge on any atom is 0.344 e. The minimum absolute atomic E-state index is 0.121. The van der Waals surface area contributed by atoms with Crippen molar-refractivity contribution >= 4 is 23.7 Å². The summed E-state index contributed by atoms with van der Waals surface area (Å²) >= 11 is 1.34. The maximum atomic E-state index is 11.3. The molecule has 0 aliphatic carbocycles. The normalized spacial score (nSPS) is 20.1. The van der Waals surface area contributed by atoms with Crippen LogP contribution in [-0.4, -0.2) is 49.2 Å². The summed E-state index contributed by atoms with van der Waals surface area (Å²) in [6.45, 7) is 2.24. The fourth-order valence-corrected chi connectivity index (χ4v) is 3.26. The number of ether oxygens (including phenoxy) is 3. The van der Waals surface area contributed by atoms with Crippen LogP contribution in [0.2, 0.25) is 0 Å². The number of carboxylic acid groups (broad SMARTS) is 1. The number of nitrogens with one attached hydrogen (secondary N) is 1. The molecule has 1 fully saturated rings. The van der Waals surface area contributed by atoms with Crippen molar-refractivity contribution in [1.29, 1.82) is 0 Å². The molecule has 2 rings (SSSR count). The standard InChI is InChI=1S/C15H19NO6S/c1-3-21-13(17)8-22-10-5-4-9(6-11(10)20-2)14-16-7-12(23-14)15(18)19/h4-6,12,14,16H,3,7-8H2,1-2H3,(H,18,19)/t12-,14+/m1/s1. The molecule has 126 valence electrons. The van der Waals surface area contributed by atoms with E-state index >= 15 is 0 Å². The lowest BCUT2D eigenvalue weighted by Crippen LogP contribution is -2.21. The minimum atomic E-state index is -0.827. The molecule has 0 amide bonds. The first-order chi connectivity index (χ1) is 11.0. The SMILES string of the molecule is CCOC(=O)COc1ccc([C@H]2NC[C@H](C(=O)O)S2)cc1OC. The average molecular weight is 341 g/mol. The maximum absolute atomic E-state index is 11.3. The van der Waals surface area contributed by atoms with Gasteiger partial charge in [-0.05, 0) is 24.6 Å². The predicted octanol–water partition coefficient (Wildman–Crippen LogP) is 1.43. The molecule has 23 heavy (non-hydrogen) atoms. The molecule has 0 spiro atoms. The van der Waals surface area contributed by atoms with Gasteiger partial charge in [-0.25, -0.2) is 4.79 Å². The third-order valence-electron chi connectivity index (χ3n) is 3.21. The molecule has 8 heteroatoms. The van der Waals surface area contributed by atoms with Crippen molar-refractivity contribution in [3.05, 3.63) is 23.8 Å². The van der Waals surface area contributed by atoms with Gasteiger partial charge in [0, 0.05) is 6.54 Å². The second-order valence-corrected chi connectivity index (χ2v) is 6.07. The third-order valence-corrected chi connectivity index (χ3v) is 4.61. The quantitative estimate of drug-likeness (QED) is 0.719. The molecule has 2 N–H and O–H groups in total. The number of hydrogen-bond acceptors (Lipinski definition) is 7. The minimum Gasteiger partial charge on any atom is -0.493 e. The number of hydrogen-bond donors (Lipinski definition) is 2. The van der Waals surface area contributed by atoms with Gasteiger partial charge in [0.2, 0.25) is 0 Å². The van der Waals surface area contributed by atoms with Crippen molar-refractivity contribution in [2.24, 2.45) is 0 Å². The Morgan fingerprint density at radius 3 is 2.78 bits per heavy atom. The second-order valence-electron chi connectivity index (χ2n) is 4.76. The zero-order chi connectivity index (χ0) is 16.8. The van der Waals surface area contributed by atoms with Gasteiger partial charge in [0.25, 0.3) is 0 Å². The number of rotatable bonds is 7. The largest absolute Gasteiger partial charge is 0.493 e. The van der Waals surface area contributed by atoms with Crippen LogP contribution in [0.1, 0.15) is 17.9 Å². The molecule has 0 aromatic heterocycles. The van der Waals surface area contributed by atoms with Crippen molar-refractivity contribution in [1.82, 2.24) is 5.32 Å². The van der Waals surface area contributed by atoms with Gasteiger partial charge in [-0.3, -0.25) is 10.1 Å². The molecule has 0 bridgehead atoms. The molecule has 1 aliphatic rings. The number of carboxylic acids is 1. The van der Waals surface area contributed by atoms with Crippen LogP contribution in [0, 0.1) is 0 Å². The molecule has 1 aromatic rings. The monoisotopic (exact) mass is 341 g/mol. The summed E-state index contributed by atoms with van der Waals surface area (Å²) in [7, 11) is 1.51. The molecule has 7 nitrogen and oxygen atoms in total. The van der Waals surface area contributed by atoms with Gasteiger partial charge in [0.05, 0.1) is 19.1 Å². The fourth-order valence-electron chi connectivity index (χ4n) is 2.12. The molecule has 1 saturated heterocycles. The van der Waals surface area contributed by atoms with Crippen LogP contribution in [0.25, 0.3) is 0 Å². The molecule has 1 aliphatic heterocycles. The van der Waals surface area contributed by atoms with Gasteiger partial charge >= 0.3 is 11.9 Å². The van der Waals surface area contributed by atoms with Gasteiger partial charge in [-0.15, -0.1) is 11.8 Å². The summed E-state index contributed by atoms with van der Waals surface area (Å²) in [5, 5.41) is 11.6. The highest BCUT2D eigenvalue weighted by Crippen LogP contribution is 2.38. The molecule has 0 unspecified atom stereocenters. The molecule has 2 atom stereocenters. The van der Waals surface area contributed by atoms with E-state index in [1.54, 1.807) is 19.1 Å². The summed E-state index contributed by atoms with van der Waals surface area (Å²) in [4.78, 5) is 22.3. The molecular formula is C15H19NO6S. The van der Waals surface area contributed by atoms with E-state index in [0.717, 1.165) is 5.56 Å². The molecule has 1 heterocycles. The number of aliphatic carboxylic acids is 1. The van der Waals surface area contributed by atoms with Crippen LogP contribution < -0.4 is 14.8 Å². The van der Waals surface area contributed by atoms with Crippen molar-refractivity contribution in [2.75, 3.05) is 26.9 Å². The second kappa shape index (κ2) is 8.07. The van der Waals surface area contributed by atoms with Gasteiger partial charge in [-0.2, -0.15) is 0 Å². The first-order valence-corrected chi connectivity index (χ1v) is 8.07. The summed E-state index contributed by atoms with van der Waals surface area (Å²) in [5.41, 5.74) is 0.888. The predicted molar refractivity (Wildman–Crippen MR) is 84.9 cm³/mol. The Morgan fingerprint density at radius 2 is 2.17 bits per heavy atom. The Hall–Kier alpha value is -1.93. The number of methoxy groups -OCH3 is 1. The molecule has 0 radical (unpaired) electrons. The van der Waals surface area contributed by atoms with Crippen molar-refractivity contribution < 1.29 is 28.9 Å². The van der Waals surface area contributed by atoms with E-state index < -0.39 is 17.2 Å². The number of carbonyl (C=O) groups excluding carboxylic acids is 1. The van der Waals surface area contributed by atoms with Gasteiger partial charge in [0.15, 0.2) is 18.1 Å². The molecular weight excluding hydrogens is 322 g/mol. The van der Waals surface area contributed by atoms with Crippen molar-refractivity contribution in [3.63, 3.8) is 0 Å². The summed E-state index contributed by atoms with van der Waals surface area (Å²) in [5.74, 6) is -0.364. The van der Waals surface area contributed by atoms with E-state index in [4.69, 9.17) is 19.3 Å². The Kier molecular flexibility index (Phi) is 6.12. The van der Waals surface area contributed by atoms with E-state index in [2.05, 4.69) is 5.32 Å². The summed E-state index contributed by atoms with van der Waals surface area (Å²) in [6, 6.07) is 5.29. The van der Waals surface area contributed by atoms with E-state index in [-0.39, 0.29) is 12.0 Å². The van der Waals surface area contributed by atoms with Crippen molar-refractivity contribution in [3.8, 4) is 11.5 Å². The average Bonchev–Trinajstić information content (AvgIpc) is 3.03. The van der Waals surface area contributed by atoms with Crippen LogP contribution in [0.5, 0.6) is 11.5 Å². The van der Waals surface area contributed by atoms with E-state index in [1.165, 1.54) is 18.9 Å². The van der Waals surface area contributed by atoms with Crippen LogP contribution in [0.3, 0.4) is 0 Å². The number of esters is 1.